The average Bonchev–Trinajstić information content (AvgIpc) is 3.15. The van der Waals surface area contributed by atoms with Gasteiger partial charge in [-0.2, -0.15) is 0 Å². The second-order valence-electron chi connectivity index (χ2n) is 6.05. The van der Waals surface area contributed by atoms with Crippen LogP contribution in [0.5, 0.6) is 0 Å². The Morgan fingerprint density at radius 2 is 1.90 bits per heavy atom. The Balaban J connectivity index is 1.62. The van der Waals surface area contributed by atoms with Crippen LogP contribution in [0, 0.1) is 5.82 Å². The summed E-state index contributed by atoms with van der Waals surface area (Å²) in [6.45, 7) is 0. The Labute approximate surface area is 171 Å². The lowest BCUT2D eigenvalue weighted by Crippen LogP contribution is -2.15. The van der Waals surface area contributed by atoms with Crippen molar-refractivity contribution >= 4 is 50.1 Å². The number of amides is 1. The summed E-state index contributed by atoms with van der Waals surface area (Å²) >= 11 is -1.45. The van der Waals surface area contributed by atoms with Gasteiger partial charge in [0.25, 0.3) is 5.91 Å². The number of nitrogens with one attached hydrogen (secondary N) is 2. The van der Waals surface area contributed by atoms with Gasteiger partial charge in [0.2, 0.25) is 0 Å². The van der Waals surface area contributed by atoms with Crippen LogP contribution in [0.3, 0.4) is 0 Å². The van der Waals surface area contributed by atoms with Gasteiger partial charge >= 0.3 is 0 Å². The molecule has 4 aromatic rings. The molecule has 0 fully saturated rings. The zero-order chi connectivity index (χ0) is 20.4. The van der Waals surface area contributed by atoms with Crippen LogP contribution < -0.4 is 10.0 Å². The molecule has 1 unspecified atom stereocenters. The SMILES string of the molecule is O=C(Nc1nc(-c2cccc3ccccc23)cs1)c1ccc(F)cc1NS(=O)[O-]. The molecule has 0 aliphatic rings. The third kappa shape index (κ3) is 4.16. The summed E-state index contributed by atoms with van der Waals surface area (Å²) in [6, 6.07) is 17.1. The maximum Gasteiger partial charge on any atom is 0.259 e. The van der Waals surface area contributed by atoms with E-state index < -0.39 is 23.0 Å². The fraction of sp³-hybridized carbons (Fsp3) is 0. The van der Waals surface area contributed by atoms with E-state index in [1.165, 1.54) is 17.4 Å². The molecular formula is C20H13FN3O3S2-. The molecular weight excluding hydrogens is 413 g/mol. The van der Waals surface area contributed by atoms with Crippen LogP contribution in [0.25, 0.3) is 22.0 Å². The van der Waals surface area contributed by atoms with E-state index in [0.717, 1.165) is 28.5 Å². The zero-order valence-corrected chi connectivity index (χ0v) is 16.4. The van der Waals surface area contributed by atoms with E-state index in [4.69, 9.17) is 0 Å². The molecule has 6 nitrogen and oxygen atoms in total. The van der Waals surface area contributed by atoms with Gasteiger partial charge in [-0.1, -0.05) is 42.5 Å². The Morgan fingerprint density at radius 3 is 2.72 bits per heavy atom. The Hall–Kier alpha value is -3.14. The topological polar surface area (TPSA) is 94.2 Å². The number of carbonyl (C=O) groups is 1. The highest BCUT2D eigenvalue weighted by atomic mass is 32.2. The van der Waals surface area contributed by atoms with Gasteiger partial charge in [0.1, 0.15) is 5.82 Å². The molecule has 29 heavy (non-hydrogen) atoms. The summed E-state index contributed by atoms with van der Waals surface area (Å²) in [5.41, 5.74) is 1.48. The predicted molar refractivity (Wildman–Crippen MR) is 112 cm³/mol. The highest BCUT2D eigenvalue weighted by Crippen LogP contribution is 2.31. The van der Waals surface area contributed by atoms with Crippen LogP contribution >= 0.6 is 11.3 Å². The van der Waals surface area contributed by atoms with Gasteiger partial charge in [0.15, 0.2) is 5.13 Å². The van der Waals surface area contributed by atoms with Crippen molar-refractivity contribution in [1.82, 2.24) is 4.98 Å². The van der Waals surface area contributed by atoms with Crippen LogP contribution in [0.15, 0.2) is 66.0 Å². The average molecular weight is 426 g/mol. The maximum atomic E-state index is 13.4. The van der Waals surface area contributed by atoms with Crippen LogP contribution in [-0.2, 0) is 11.3 Å². The monoisotopic (exact) mass is 426 g/mol. The fourth-order valence-electron chi connectivity index (χ4n) is 2.96. The second-order valence-corrected chi connectivity index (χ2v) is 7.58. The van der Waals surface area contributed by atoms with Crippen LogP contribution in [0.2, 0.25) is 0 Å². The van der Waals surface area contributed by atoms with Crippen molar-refractivity contribution in [3.05, 3.63) is 77.4 Å². The Bertz CT molecular complexity index is 1240. The third-order valence-corrected chi connectivity index (χ3v) is 5.35. The van der Waals surface area contributed by atoms with Crippen LogP contribution in [-0.4, -0.2) is 19.7 Å². The van der Waals surface area contributed by atoms with Crippen LogP contribution in [0.1, 0.15) is 10.4 Å². The van der Waals surface area contributed by atoms with E-state index in [0.29, 0.717) is 10.8 Å². The minimum absolute atomic E-state index is 0.0162. The van der Waals surface area contributed by atoms with E-state index in [1.807, 2.05) is 52.6 Å². The van der Waals surface area contributed by atoms with Gasteiger partial charge < -0.3 is 9.27 Å². The number of benzene rings is 3. The summed E-state index contributed by atoms with van der Waals surface area (Å²) in [5, 5.41) is 6.93. The Kier molecular flexibility index (Phi) is 5.34. The van der Waals surface area contributed by atoms with E-state index in [9.17, 15) is 17.9 Å². The second kappa shape index (κ2) is 8.08. The van der Waals surface area contributed by atoms with E-state index in [-0.39, 0.29) is 11.3 Å². The molecule has 0 bridgehead atoms. The molecule has 9 heteroatoms. The minimum atomic E-state index is -2.69. The molecule has 1 aromatic heterocycles. The quantitative estimate of drug-likeness (QED) is 0.458. The first-order valence-corrected chi connectivity index (χ1v) is 10.4. The summed E-state index contributed by atoms with van der Waals surface area (Å²) in [6.07, 6.45) is 0. The molecule has 0 saturated carbocycles. The molecule has 1 heterocycles. The van der Waals surface area contributed by atoms with Crippen molar-refractivity contribution < 1.29 is 17.9 Å². The molecule has 4 rings (SSSR count). The standard InChI is InChI=1S/C20H14FN3O3S2/c21-13-8-9-16(17(10-13)24-29(26)27)19(25)23-20-22-18(11-28-20)15-7-3-5-12-4-1-2-6-14(12)15/h1-11,24H,(H,26,27)(H,22,23,25)/p-1. The first kappa shape index (κ1) is 19.2. The predicted octanol–water partition coefficient (Wildman–Crippen LogP) is 4.56. The summed E-state index contributed by atoms with van der Waals surface area (Å²) in [5.74, 6) is -1.27. The van der Waals surface area contributed by atoms with Gasteiger partial charge in [0, 0.05) is 22.2 Å². The molecule has 146 valence electrons. The lowest BCUT2D eigenvalue weighted by atomic mass is 10.0. The number of fused-ring (bicyclic) bond motifs is 1. The van der Waals surface area contributed by atoms with Crippen molar-refractivity contribution in [3.8, 4) is 11.3 Å². The van der Waals surface area contributed by atoms with Crippen molar-refractivity contribution in [3.63, 3.8) is 0 Å². The van der Waals surface area contributed by atoms with Gasteiger partial charge in [-0.15, -0.1) is 11.3 Å². The number of thiazole rings is 1. The maximum absolute atomic E-state index is 13.4. The first-order valence-electron chi connectivity index (χ1n) is 8.42. The highest BCUT2D eigenvalue weighted by Gasteiger charge is 2.15. The molecule has 0 radical (unpaired) electrons. The Morgan fingerprint density at radius 1 is 1.10 bits per heavy atom. The normalized spacial score (nSPS) is 11.9. The number of hydrogen-bond donors (Lipinski definition) is 2. The smallest absolute Gasteiger partial charge is 0.259 e. The third-order valence-electron chi connectivity index (χ3n) is 4.21. The number of nitrogens with zero attached hydrogens (tertiary/aromatic N) is 1. The van der Waals surface area contributed by atoms with E-state index in [2.05, 4.69) is 10.3 Å². The van der Waals surface area contributed by atoms with Crippen molar-refractivity contribution in [2.45, 2.75) is 0 Å². The first-order chi connectivity index (χ1) is 14.0. The molecule has 1 atom stereocenters. The summed E-state index contributed by atoms with van der Waals surface area (Å²) in [7, 11) is 0. The van der Waals surface area contributed by atoms with Gasteiger partial charge in [0.05, 0.1) is 16.9 Å². The fourth-order valence-corrected chi connectivity index (χ4v) is 4.01. The minimum Gasteiger partial charge on any atom is -0.755 e. The summed E-state index contributed by atoms with van der Waals surface area (Å²) < 4.78 is 37.3. The summed E-state index contributed by atoms with van der Waals surface area (Å²) in [4.78, 5) is 17.1. The number of aromatic nitrogens is 1. The number of halogens is 1. The molecule has 3 aromatic carbocycles. The highest BCUT2D eigenvalue weighted by molar-refractivity contribution is 7.80. The molecule has 0 aliphatic carbocycles. The van der Waals surface area contributed by atoms with Crippen molar-refractivity contribution in [1.29, 1.82) is 0 Å². The van der Waals surface area contributed by atoms with E-state index in [1.54, 1.807) is 0 Å². The van der Waals surface area contributed by atoms with Crippen molar-refractivity contribution in [2.24, 2.45) is 0 Å². The van der Waals surface area contributed by atoms with Crippen molar-refractivity contribution in [2.75, 3.05) is 10.0 Å². The molecule has 0 aliphatic heterocycles. The van der Waals surface area contributed by atoms with Gasteiger partial charge in [-0.05, 0) is 29.0 Å². The molecule has 0 saturated heterocycles. The number of anilines is 2. The number of rotatable bonds is 5. The molecule has 1 amide bonds. The zero-order valence-electron chi connectivity index (χ0n) is 14.7. The molecule has 0 spiro atoms. The number of carbonyl (C=O) groups excluding carboxylic acids is 1. The van der Waals surface area contributed by atoms with Crippen LogP contribution in [0.4, 0.5) is 15.2 Å². The number of hydrogen-bond acceptors (Lipinski definition) is 5. The van der Waals surface area contributed by atoms with Gasteiger partial charge in [-0.25, -0.2) is 9.37 Å². The van der Waals surface area contributed by atoms with Gasteiger partial charge in [-0.3, -0.25) is 14.3 Å². The largest absolute Gasteiger partial charge is 0.755 e. The van der Waals surface area contributed by atoms with E-state index >= 15 is 0 Å². The lowest BCUT2D eigenvalue weighted by Gasteiger charge is -2.13. The molecule has 2 N–H and O–H groups in total. The lowest BCUT2D eigenvalue weighted by molar-refractivity contribution is 0.102.